The predicted octanol–water partition coefficient (Wildman–Crippen LogP) is 10.7. The SMILES string of the molecule is CCOc1c2cc(-c3ccc(/C=C(/C)C#N)s3)sc2c(OCC)c2cc(-c3ccc(C=C(C)C)s3)sc12. The van der Waals surface area contributed by atoms with Gasteiger partial charge in [-0.3, -0.25) is 0 Å². The van der Waals surface area contributed by atoms with E-state index in [1.165, 1.54) is 30.0 Å². The summed E-state index contributed by atoms with van der Waals surface area (Å²) in [6, 6.07) is 15.3. The molecule has 0 amide bonds. The molecule has 4 heterocycles. The second-order valence-corrected chi connectivity index (χ2v) is 13.1. The highest BCUT2D eigenvalue weighted by atomic mass is 32.1. The summed E-state index contributed by atoms with van der Waals surface area (Å²) in [7, 11) is 0. The molecule has 0 unspecified atom stereocenters. The summed E-state index contributed by atoms with van der Waals surface area (Å²) >= 11 is 7.03. The molecule has 0 radical (unpaired) electrons. The molecule has 3 nitrogen and oxygen atoms in total. The smallest absolute Gasteiger partial charge is 0.146 e. The zero-order valence-corrected chi connectivity index (χ0v) is 24.7. The highest BCUT2D eigenvalue weighted by Gasteiger charge is 2.23. The van der Waals surface area contributed by atoms with E-state index in [0.29, 0.717) is 18.8 Å². The van der Waals surface area contributed by atoms with Crippen LogP contribution in [0.5, 0.6) is 11.5 Å². The fraction of sp³-hybridized carbons (Fsp3) is 0.233. The van der Waals surface area contributed by atoms with Crippen LogP contribution in [0, 0.1) is 11.3 Å². The third kappa shape index (κ3) is 5.12. The monoisotopic (exact) mass is 561 g/mol. The number of hydrogen-bond acceptors (Lipinski definition) is 7. The molecule has 1 aromatic carbocycles. The fourth-order valence-electron chi connectivity index (χ4n) is 4.18. The summed E-state index contributed by atoms with van der Waals surface area (Å²) in [5.41, 5.74) is 2.00. The first kappa shape index (κ1) is 25.7. The van der Waals surface area contributed by atoms with Crippen molar-refractivity contribution >= 4 is 77.7 Å². The second kappa shape index (κ2) is 10.8. The molecule has 5 rings (SSSR count). The lowest BCUT2D eigenvalue weighted by Crippen LogP contribution is -1.95. The van der Waals surface area contributed by atoms with E-state index >= 15 is 0 Å². The van der Waals surface area contributed by atoms with E-state index in [1.807, 2.05) is 38.2 Å². The number of hydrogen-bond donors (Lipinski definition) is 0. The molecule has 0 bridgehead atoms. The molecular formula is C30H27NO2S4. The van der Waals surface area contributed by atoms with Crippen LogP contribution in [0.3, 0.4) is 0 Å². The molecule has 0 saturated heterocycles. The Bertz CT molecular complexity index is 1640. The molecule has 0 fully saturated rings. The highest BCUT2D eigenvalue weighted by molar-refractivity contribution is 7.28. The number of nitriles is 1. The first-order valence-electron chi connectivity index (χ1n) is 12.1. The van der Waals surface area contributed by atoms with Crippen molar-refractivity contribution in [1.82, 2.24) is 0 Å². The molecule has 7 heteroatoms. The lowest BCUT2D eigenvalue weighted by Gasteiger charge is -2.11. The number of ether oxygens (including phenoxy) is 2. The van der Waals surface area contributed by atoms with E-state index in [2.05, 4.69) is 62.4 Å². The van der Waals surface area contributed by atoms with Gasteiger partial charge in [-0.25, -0.2) is 0 Å². The fourth-order valence-corrected chi connectivity index (χ4v) is 8.75. The highest BCUT2D eigenvalue weighted by Crippen LogP contribution is 2.53. The molecule has 0 atom stereocenters. The van der Waals surface area contributed by atoms with Crippen LogP contribution in [0.4, 0.5) is 0 Å². The van der Waals surface area contributed by atoms with Gasteiger partial charge in [-0.2, -0.15) is 5.26 Å². The van der Waals surface area contributed by atoms with Crippen LogP contribution in [0.15, 0.2) is 47.5 Å². The van der Waals surface area contributed by atoms with Crippen molar-refractivity contribution in [3.8, 4) is 37.1 Å². The minimum Gasteiger partial charge on any atom is -0.492 e. The van der Waals surface area contributed by atoms with Crippen molar-refractivity contribution in [3.05, 3.63) is 57.3 Å². The molecule has 188 valence electrons. The summed E-state index contributed by atoms with van der Waals surface area (Å²) in [4.78, 5) is 7.19. The van der Waals surface area contributed by atoms with Gasteiger partial charge >= 0.3 is 0 Å². The molecule has 4 aromatic heterocycles. The Balaban J connectivity index is 1.68. The predicted molar refractivity (Wildman–Crippen MR) is 165 cm³/mol. The van der Waals surface area contributed by atoms with Crippen LogP contribution in [0.25, 0.3) is 51.8 Å². The Hall–Kier alpha value is -2.89. The minimum absolute atomic E-state index is 0.599. The Morgan fingerprint density at radius 2 is 1.22 bits per heavy atom. The van der Waals surface area contributed by atoms with Crippen LogP contribution in [-0.4, -0.2) is 13.2 Å². The quantitative estimate of drug-likeness (QED) is 0.177. The normalized spacial score (nSPS) is 11.7. The number of fused-ring (bicyclic) bond motifs is 2. The van der Waals surface area contributed by atoms with Gasteiger partial charge in [0.05, 0.1) is 28.7 Å². The van der Waals surface area contributed by atoms with Crippen LogP contribution in [-0.2, 0) is 0 Å². The van der Waals surface area contributed by atoms with Gasteiger partial charge in [0.1, 0.15) is 11.5 Å². The summed E-state index contributed by atoms with van der Waals surface area (Å²) in [6.45, 7) is 11.4. The molecule has 0 N–H and O–H groups in total. The molecule has 0 aliphatic rings. The van der Waals surface area contributed by atoms with Gasteiger partial charge in [0.2, 0.25) is 0 Å². The summed E-state index contributed by atoms with van der Waals surface area (Å²) in [6.07, 6.45) is 4.16. The Morgan fingerprint density at radius 1 is 0.730 bits per heavy atom. The summed E-state index contributed by atoms with van der Waals surface area (Å²) in [5.74, 6) is 1.88. The van der Waals surface area contributed by atoms with E-state index in [9.17, 15) is 0 Å². The first-order valence-corrected chi connectivity index (χ1v) is 15.4. The van der Waals surface area contributed by atoms with Gasteiger partial charge in [-0.15, -0.1) is 45.3 Å². The van der Waals surface area contributed by atoms with Crippen molar-refractivity contribution in [2.24, 2.45) is 0 Å². The number of benzene rings is 1. The van der Waals surface area contributed by atoms with Crippen LogP contribution >= 0.6 is 45.3 Å². The second-order valence-electron chi connectivity index (χ2n) is 8.80. The van der Waals surface area contributed by atoms with Gasteiger partial charge in [0.15, 0.2) is 0 Å². The lowest BCUT2D eigenvalue weighted by molar-refractivity contribution is 0.343. The molecule has 5 aromatic rings. The maximum Gasteiger partial charge on any atom is 0.146 e. The number of thiophene rings is 4. The van der Waals surface area contributed by atoms with E-state index in [0.717, 1.165) is 36.5 Å². The van der Waals surface area contributed by atoms with Crippen LogP contribution in [0.1, 0.15) is 44.4 Å². The van der Waals surface area contributed by atoms with Gasteiger partial charge in [-0.05, 0) is 83.2 Å². The summed E-state index contributed by atoms with van der Waals surface area (Å²) in [5, 5.41) is 11.3. The van der Waals surface area contributed by atoms with Gasteiger partial charge in [-0.1, -0.05) is 5.57 Å². The maximum atomic E-state index is 9.14. The molecule has 0 saturated carbocycles. The van der Waals surface area contributed by atoms with Crippen molar-refractivity contribution in [1.29, 1.82) is 5.26 Å². The van der Waals surface area contributed by atoms with Gasteiger partial charge in [0.25, 0.3) is 0 Å². The number of nitrogens with zero attached hydrogens (tertiary/aromatic N) is 1. The van der Waals surface area contributed by atoms with Crippen molar-refractivity contribution in [2.75, 3.05) is 13.2 Å². The number of rotatable bonds is 8. The molecule has 0 aliphatic heterocycles. The van der Waals surface area contributed by atoms with E-state index in [4.69, 9.17) is 14.7 Å². The molecule has 37 heavy (non-hydrogen) atoms. The minimum atomic E-state index is 0.599. The van der Waals surface area contributed by atoms with Crippen molar-refractivity contribution in [3.63, 3.8) is 0 Å². The zero-order chi connectivity index (χ0) is 26.1. The lowest BCUT2D eigenvalue weighted by atomic mass is 10.1. The average Bonchev–Trinajstić information content (AvgIpc) is 3.66. The van der Waals surface area contributed by atoms with Crippen molar-refractivity contribution in [2.45, 2.75) is 34.6 Å². The van der Waals surface area contributed by atoms with Gasteiger partial charge in [0, 0.05) is 45.6 Å². The van der Waals surface area contributed by atoms with Crippen LogP contribution < -0.4 is 9.47 Å². The van der Waals surface area contributed by atoms with E-state index in [-0.39, 0.29) is 0 Å². The standard InChI is InChI=1S/C30H27NO2S4/c1-6-32-27-21-14-25(23-10-8-19(34-23)12-17(3)4)36-29(21)28(33-7-2)22-15-26(37-30(22)27)24-11-9-20(35-24)13-18(5)16-31/h8-15H,6-7H2,1-5H3/b18-13-. The summed E-state index contributed by atoms with van der Waals surface area (Å²) < 4.78 is 14.9. The Labute approximate surface area is 233 Å². The first-order chi connectivity index (χ1) is 17.9. The Morgan fingerprint density at radius 3 is 1.65 bits per heavy atom. The number of allylic oxidation sites excluding steroid dienone is 2. The molecular weight excluding hydrogens is 535 g/mol. The topological polar surface area (TPSA) is 42.2 Å². The van der Waals surface area contributed by atoms with E-state index in [1.54, 1.807) is 34.0 Å². The zero-order valence-electron chi connectivity index (χ0n) is 21.4. The van der Waals surface area contributed by atoms with Crippen molar-refractivity contribution < 1.29 is 9.47 Å². The molecule has 0 aliphatic carbocycles. The largest absolute Gasteiger partial charge is 0.492 e. The van der Waals surface area contributed by atoms with Gasteiger partial charge < -0.3 is 9.47 Å². The van der Waals surface area contributed by atoms with E-state index < -0.39 is 0 Å². The van der Waals surface area contributed by atoms with Crippen LogP contribution in [0.2, 0.25) is 0 Å². The maximum absolute atomic E-state index is 9.14. The third-order valence-electron chi connectivity index (χ3n) is 5.65. The Kier molecular flexibility index (Phi) is 7.55. The molecule has 0 spiro atoms. The average molecular weight is 562 g/mol. The third-order valence-corrected chi connectivity index (χ3v) is 10.4.